The number of hydrogen-bond acceptors (Lipinski definition) is 5. The third-order valence-corrected chi connectivity index (χ3v) is 3.31. The molecule has 2 heterocycles. The van der Waals surface area contributed by atoms with Crippen LogP contribution in [0.3, 0.4) is 0 Å². The summed E-state index contributed by atoms with van der Waals surface area (Å²) in [5.74, 6) is 0. The average molecular weight is 211 g/mol. The van der Waals surface area contributed by atoms with Gasteiger partial charge in [0, 0.05) is 10.3 Å². The van der Waals surface area contributed by atoms with Gasteiger partial charge in [0.2, 0.25) is 0 Å². The van der Waals surface area contributed by atoms with Crippen molar-refractivity contribution in [1.29, 1.82) is 0 Å². The number of rotatable bonds is 2. The Labute approximate surface area is 84.4 Å². The number of aryl methyl sites for hydroxylation is 1. The molecule has 0 fully saturated rings. The predicted molar refractivity (Wildman–Crippen MR) is 55.0 cm³/mol. The fourth-order valence-electron chi connectivity index (χ4n) is 1.18. The summed E-state index contributed by atoms with van der Waals surface area (Å²) in [6.45, 7) is 2.07. The first-order valence-corrected chi connectivity index (χ1v) is 5.57. The van der Waals surface area contributed by atoms with Crippen LogP contribution in [0.25, 0.3) is 0 Å². The van der Waals surface area contributed by atoms with Crippen LogP contribution in [0.4, 0.5) is 0 Å². The second-order valence-corrected chi connectivity index (χ2v) is 4.47. The van der Waals surface area contributed by atoms with Gasteiger partial charge >= 0.3 is 0 Å². The summed E-state index contributed by atoms with van der Waals surface area (Å²) in [4.78, 5) is 1.25. The number of nitrogens with two attached hydrogens (primary N) is 1. The van der Waals surface area contributed by atoms with Gasteiger partial charge in [0.05, 0.1) is 11.7 Å². The molecule has 0 saturated heterocycles. The van der Waals surface area contributed by atoms with Crippen molar-refractivity contribution in [3.05, 3.63) is 33.0 Å². The zero-order valence-corrected chi connectivity index (χ0v) is 8.73. The summed E-state index contributed by atoms with van der Waals surface area (Å²) in [5.41, 5.74) is 8.02. The van der Waals surface area contributed by atoms with Gasteiger partial charge in [-0.25, -0.2) is 0 Å². The van der Waals surface area contributed by atoms with Gasteiger partial charge in [-0.2, -0.15) is 0 Å². The minimum absolute atomic E-state index is 0.120. The predicted octanol–water partition coefficient (Wildman–Crippen LogP) is 1.96. The van der Waals surface area contributed by atoms with Gasteiger partial charge in [0.25, 0.3) is 0 Å². The van der Waals surface area contributed by atoms with Gasteiger partial charge in [-0.15, -0.1) is 16.4 Å². The molecule has 2 rings (SSSR count). The summed E-state index contributed by atoms with van der Waals surface area (Å²) in [6, 6.07) is 1.93. The van der Waals surface area contributed by atoms with Crippen molar-refractivity contribution < 1.29 is 0 Å². The molecule has 0 amide bonds. The first-order valence-electron chi connectivity index (χ1n) is 3.85. The standard InChI is InChI=1S/C8H9N3S2/c1-5-6(2-3-12-5)8(9)7-4-13-11-10-7/h2-4,8H,9H2,1H3. The lowest BCUT2D eigenvalue weighted by atomic mass is 10.1. The van der Waals surface area contributed by atoms with Gasteiger partial charge in [-0.05, 0) is 35.5 Å². The molecule has 0 aliphatic heterocycles. The SMILES string of the molecule is Cc1sccc1C(N)c1csnn1. The van der Waals surface area contributed by atoms with E-state index in [-0.39, 0.29) is 6.04 Å². The normalized spacial score (nSPS) is 13.1. The van der Waals surface area contributed by atoms with Crippen molar-refractivity contribution in [2.45, 2.75) is 13.0 Å². The topological polar surface area (TPSA) is 51.8 Å². The maximum Gasteiger partial charge on any atom is 0.0968 e. The van der Waals surface area contributed by atoms with Crippen molar-refractivity contribution in [2.24, 2.45) is 5.73 Å². The molecule has 0 saturated carbocycles. The monoisotopic (exact) mass is 211 g/mol. The Morgan fingerprint density at radius 2 is 2.38 bits per heavy atom. The van der Waals surface area contributed by atoms with Crippen LogP contribution in [0.15, 0.2) is 16.8 Å². The molecule has 0 radical (unpaired) electrons. The third kappa shape index (κ3) is 1.63. The zero-order valence-electron chi connectivity index (χ0n) is 7.10. The first-order chi connectivity index (χ1) is 6.29. The lowest BCUT2D eigenvalue weighted by Crippen LogP contribution is -2.12. The summed E-state index contributed by atoms with van der Waals surface area (Å²) < 4.78 is 3.80. The lowest BCUT2D eigenvalue weighted by molar-refractivity contribution is 0.817. The van der Waals surface area contributed by atoms with E-state index in [1.165, 1.54) is 16.4 Å². The molecule has 1 unspecified atom stereocenters. The molecule has 0 spiro atoms. The van der Waals surface area contributed by atoms with Crippen LogP contribution >= 0.6 is 22.9 Å². The third-order valence-electron chi connectivity index (χ3n) is 1.93. The Balaban J connectivity index is 2.33. The zero-order chi connectivity index (χ0) is 9.26. The van der Waals surface area contributed by atoms with Gasteiger partial charge in [-0.1, -0.05) is 4.49 Å². The number of hydrogen-bond donors (Lipinski definition) is 1. The van der Waals surface area contributed by atoms with Gasteiger partial charge < -0.3 is 5.73 Å². The molecule has 0 bridgehead atoms. The highest BCUT2D eigenvalue weighted by atomic mass is 32.1. The maximum atomic E-state index is 6.02. The first kappa shape index (κ1) is 8.80. The molecular weight excluding hydrogens is 202 g/mol. The van der Waals surface area contributed by atoms with Crippen molar-refractivity contribution in [3.8, 4) is 0 Å². The van der Waals surface area contributed by atoms with E-state index in [4.69, 9.17) is 5.73 Å². The van der Waals surface area contributed by atoms with Crippen LogP contribution in [-0.2, 0) is 0 Å². The highest BCUT2D eigenvalue weighted by Gasteiger charge is 2.14. The summed E-state index contributed by atoms with van der Waals surface area (Å²) in [6.07, 6.45) is 0. The van der Waals surface area contributed by atoms with Gasteiger partial charge in [-0.3, -0.25) is 0 Å². The Hall–Kier alpha value is -0.780. The van der Waals surface area contributed by atoms with E-state index in [0.717, 1.165) is 11.3 Å². The molecule has 68 valence electrons. The van der Waals surface area contributed by atoms with Gasteiger partial charge in [0.1, 0.15) is 0 Å². The molecule has 2 N–H and O–H groups in total. The largest absolute Gasteiger partial charge is 0.319 e. The summed E-state index contributed by atoms with van der Waals surface area (Å²) >= 11 is 3.04. The smallest absolute Gasteiger partial charge is 0.0968 e. The number of aromatic nitrogens is 2. The molecule has 0 aliphatic carbocycles. The quantitative estimate of drug-likeness (QED) is 0.826. The average Bonchev–Trinajstić information content (AvgIpc) is 2.72. The highest BCUT2D eigenvalue weighted by Crippen LogP contribution is 2.25. The number of thiophene rings is 1. The van der Waals surface area contributed by atoms with Crippen LogP contribution in [0.5, 0.6) is 0 Å². The van der Waals surface area contributed by atoms with E-state index in [0.29, 0.717) is 0 Å². The molecule has 0 aromatic carbocycles. The Morgan fingerprint density at radius 1 is 1.54 bits per heavy atom. The van der Waals surface area contributed by atoms with Crippen LogP contribution < -0.4 is 5.73 Å². The molecule has 13 heavy (non-hydrogen) atoms. The van der Waals surface area contributed by atoms with Crippen LogP contribution in [-0.4, -0.2) is 9.59 Å². The second-order valence-electron chi connectivity index (χ2n) is 2.74. The highest BCUT2D eigenvalue weighted by molar-refractivity contribution is 7.10. The van der Waals surface area contributed by atoms with Crippen LogP contribution in [0.2, 0.25) is 0 Å². The minimum Gasteiger partial charge on any atom is -0.319 e. The molecule has 3 nitrogen and oxygen atoms in total. The Kier molecular flexibility index (Phi) is 2.39. The van der Waals surface area contributed by atoms with E-state index in [1.54, 1.807) is 11.3 Å². The summed E-state index contributed by atoms with van der Waals surface area (Å²) in [7, 11) is 0. The molecule has 0 aliphatic rings. The fraction of sp³-hybridized carbons (Fsp3) is 0.250. The molecule has 5 heteroatoms. The lowest BCUT2D eigenvalue weighted by Gasteiger charge is -2.06. The number of nitrogens with zero attached hydrogens (tertiary/aromatic N) is 2. The van der Waals surface area contributed by atoms with Crippen LogP contribution in [0, 0.1) is 6.92 Å². The van der Waals surface area contributed by atoms with Crippen molar-refractivity contribution in [2.75, 3.05) is 0 Å². The summed E-state index contributed by atoms with van der Waals surface area (Å²) in [5, 5.41) is 7.90. The van der Waals surface area contributed by atoms with Gasteiger partial charge in [0.15, 0.2) is 0 Å². The molecule has 2 aromatic rings. The van der Waals surface area contributed by atoms with E-state index in [1.807, 2.05) is 16.8 Å². The molecule has 2 aromatic heterocycles. The minimum atomic E-state index is -0.120. The van der Waals surface area contributed by atoms with E-state index < -0.39 is 0 Å². The van der Waals surface area contributed by atoms with Crippen molar-refractivity contribution in [1.82, 2.24) is 9.59 Å². The Morgan fingerprint density at radius 3 is 2.92 bits per heavy atom. The maximum absolute atomic E-state index is 6.02. The fourth-order valence-corrected chi connectivity index (χ4v) is 2.42. The van der Waals surface area contributed by atoms with E-state index in [9.17, 15) is 0 Å². The van der Waals surface area contributed by atoms with Crippen molar-refractivity contribution in [3.63, 3.8) is 0 Å². The Bertz CT molecular complexity index is 380. The second kappa shape index (κ2) is 3.53. The van der Waals surface area contributed by atoms with Crippen LogP contribution in [0.1, 0.15) is 22.2 Å². The van der Waals surface area contributed by atoms with E-state index in [2.05, 4.69) is 16.5 Å². The van der Waals surface area contributed by atoms with E-state index >= 15 is 0 Å². The molecular formula is C8H9N3S2. The molecule has 1 atom stereocenters. The van der Waals surface area contributed by atoms with Crippen molar-refractivity contribution >= 4 is 22.9 Å².